The van der Waals surface area contributed by atoms with Crippen LogP contribution < -0.4 is 26.3 Å². The Hall–Kier alpha value is -5.65. The van der Waals surface area contributed by atoms with Crippen LogP contribution in [0.25, 0.3) is 11.2 Å². The van der Waals surface area contributed by atoms with Crippen molar-refractivity contribution in [2.45, 2.75) is 38.4 Å². The zero-order valence-electron chi connectivity index (χ0n) is 30.9. The molecule has 1 aliphatic heterocycles. The molecule has 6 aromatic rings. The van der Waals surface area contributed by atoms with Gasteiger partial charge in [-0.05, 0) is 72.5 Å². The summed E-state index contributed by atoms with van der Waals surface area (Å²) in [5.74, 6) is -0.605. The van der Waals surface area contributed by atoms with E-state index in [1.807, 2.05) is 0 Å². The molecule has 18 nitrogen and oxygen atoms in total. The molecule has 1 saturated heterocycles. The van der Waals surface area contributed by atoms with Crippen LogP contribution in [0.4, 0.5) is 5.95 Å². The quantitative estimate of drug-likeness (QED) is 0.0568. The minimum atomic E-state index is -5.36. The van der Waals surface area contributed by atoms with Crippen LogP contribution in [0.1, 0.15) is 50.9 Å². The maximum absolute atomic E-state index is 13.9. The number of imidazole rings is 1. The normalized spacial score (nSPS) is 16.3. The molecule has 0 amide bonds. The van der Waals surface area contributed by atoms with Crippen molar-refractivity contribution in [1.29, 1.82) is 0 Å². The van der Waals surface area contributed by atoms with E-state index in [0.29, 0.717) is 46.3 Å². The smallest absolute Gasteiger partial charge is 0.481 e. The Morgan fingerprint density at radius 1 is 0.759 bits per heavy atom. The van der Waals surface area contributed by atoms with Crippen LogP contribution in [0.5, 0.6) is 11.5 Å². The van der Waals surface area contributed by atoms with Gasteiger partial charge in [-0.2, -0.15) is 4.98 Å². The molecular formula is C38H38N6O12P2. The fourth-order valence-electron chi connectivity index (χ4n) is 5.56. The highest BCUT2D eigenvalue weighted by atomic mass is 31.3. The molecule has 3 atom stereocenters. The van der Waals surface area contributed by atoms with Crippen LogP contribution >= 0.6 is 15.6 Å². The molecular weight excluding hydrogens is 794 g/mol. The summed E-state index contributed by atoms with van der Waals surface area (Å²) in [7, 11) is -10.3. The van der Waals surface area contributed by atoms with Crippen LogP contribution in [-0.2, 0) is 45.0 Å². The van der Waals surface area contributed by atoms with Gasteiger partial charge in [-0.25, -0.2) is 28.4 Å². The summed E-state index contributed by atoms with van der Waals surface area (Å²) >= 11 is 0. The minimum absolute atomic E-state index is 0. The lowest BCUT2D eigenvalue weighted by atomic mass is 10.2. The number of carbonyl (C=O) groups excluding carboxylic acids is 2. The van der Waals surface area contributed by atoms with Crippen molar-refractivity contribution in [3.63, 3.8) is 0 Å². The SMILES string of the molecule is Nc1ncc2ncn([C@H]3CC[C@@H](COP(=O)([O-])OP(=O)(OCc4ccc(OC(=O)c5ccccc5)cc4)OCc4ccc(OC(=O)c5ccccc5)cc4)O3)c2n1.[NH4+]. The van der Waals surface area contributed by atoms with Crippen LogP contribution in [0.3, 0.4) is 0 Å². The highest BCUT2D eigenvalue weighted by molar-refractivity contribution is 7.61. The number of fused-ring (bicyclic) bond motifs is 1. The van der Waals surface area contributed by atoms with Gasteiger partial charge in [0.25, 0.3) is 7.82 Å². The second kappa shape index (κ2) is 18.7. The Kier molecular flexibility index (Phi) is 13.6. The van der Waals surface area contributed by atoms with Crippen molar-refractivity contribution in [1.82, 2.24) is 25.7 Å². The number of anilines is 1. The van der Waals surface area contributed by atoms with E-state index in [1.54, 1.807) is 65.2 Å². The van der Waals surface area contributed by atoms with E-state index in [1.165, 1.54) is 61.1 Å². The van der Waals surface area contributed by atoms with Crippen molar-refractivity contribution < 1.29 is 55.7 Å². The van der Waals surface area contributed by atoms with Crippen molar-refractivity contribution in [2.24, 2.45) is 0 Å². The number of nitrogens with two attached hydrogens (primary N) is 1. The molecule has 2 aromatic heterocycles. The van der Waals surface area contributed by atoms with Crippen LogP contribution in [-0.4, -0.2) is 44.2 Å². The van der Waals surface area contributed by atoms with Gasteiger partial charge in [0.15, 0.2) is 5.65 Å². The molecule has 4 aromatic carbocycles. The summed E-state index contributed by atoms with van der Waals surface area (Å²) in [6.45, 7) is -1.33. The molecule has 1 fully saturated rings. The molecule has 302 valence electrons. The van der Waals surface area contributed by atoms with E-state index in [-0.39, 0.29) is 23.6 Å². The number of nitrogens with zero attached hydrogens (tertiary/aromatic N) is 4. The molecule has 0 spiro atoms. The van der Waals surface area contributed by atoms with Crippen molar-refractivity contribution >= 4 is 44.7 Å². The zero-order chi connectivity index (χ0) is 39.8. The van der Waals surface area contributed by atoms with Gasteiger partial charge in [-0.1, -0.05) is 60.7 Å². The van der Waals surface area contributed by atoms with Crippen molar-refractivity contribution in [2.75, 3.05) is 12.3 Å². The molecule has 58 heavy (non-hydrogen) atoms. The second-order valence-electron chi connectivity index (χ2n) is 12.5. The Labute approximate surface area is 331 Å². The fraction of sp³-hybridized carbons (Fsp3) is 0.184. The highest BCUT2D eigenvalue weighted by Gasteiger charge is 2.35. The third-order valence-electron chi connectivity index (χ3n) is 8.41. The van der Waals surface area contributed by atoms with Gasteiger partial charge >= 0.3 is 19.8 Å². The maximum Gasteiger partial charge on any atom is 0.481 e. The maximum atomic E-state index is 13.9. The molecule has 1 aliphatic rings. The van der Waals surface area contributed by atoms with E-state index >= 15 is 0 Å². The lowest BCUT2D eigenvalue weighted by Crippen LogP contribution is -2.19. The van der Waals surface area contributed by atoms with Gasteiger partial charge in [-0.3, -0.25) is 18.2 Å². The van der Waals surface area contributed by atoms with Gasteiger partial charge in [0, 0.05) is 0 Å². The Bertz CT molecular complexity index is 2320. The van der Waals surface area contributed by atoms with E-state index in [9.17, 15) is 23.6 Å². The standard InChI is InChI=1S/C38H35N5O12P2.H3N/c39-38-40-21-33-35(42-38)43(25-41-33)34-20-19-32(52-34)24-49-56(46,47)55-57(48,50-22-26-11-15-30(16-12-26)53-36(44)28-7-3-1-4-8-28)51-23-27-13-17-31(18-14-27)54-37(45)29-9-5-2-6-10-29;/h1-18,21,25,32,34H,19-20,22-24H2,(H,46,47)(H2,39,40,42);1H3/t32-,34+;/m0./s1. The average Bonchev–Trinajstić information content (AvgIpc) is 3.87. The summed E-state index contributed by atoms with van der Waals surface area (Å²) in [4.78, 5) is 50.4. The Balaban J connectivity index is 0.00000567. The van der Waals surface area contributed by atoms with E-state index in [2.05, 4.69) is 15.0 Å². The number of aromatic nitrogens is 4. The third kappa shape index (κ3) is 11.0. The number of hydrogen-bond donors (Lipinski definition) is 2. The van der Waals surface area contributed by atoms with Gasteiger partial charge in [-0.15, -0.1) is 0 Å². The van der Waals surface area contributed by atoms with Crippen LogP contribution in [0, 0.1) is 0 Å². The number of ether oxygens (including phenoxy) is 3. The number of nitrogen functional groups attached to an aromatic ring is 1. The number of benzene rings is 4. The number of esters is 2. The molecule has 7 rings (SSSR count). The van der Waals surface area contributed by atoms with E-state index in [4.69, 9.17) is 37.8 Å². The number of quaternary nitrogens is 1. The zero-order valence-corrected chi connectivity index (χ0v) is 32.7. The third-order valence-corrected chi connectivity index (χ3v) is 11.4. The first-order valence-electron chi connectivity index (χ1n) is 17.4. The lowest BCUT2D eigenvalue weighted by Gasteiger charge is -2.28. The van der Waals surface area contributed by atoms with Crippen molar-refractivity contribution in [3.05, 3.63) is 144 Å². The largest absolute Gasteiger partial charge is 0.756 e. The van der Waals surface area contributed by atoms with Gasteiger partial charge in [0.2, 0.25) is 5.95 Å². The van der Waals surface area contributed by atoms with Crippen LogP contribution in [0.2, 0.25) is 0 Å². The minimum Gasteiger partial charge on any atom is -0.756 e. The Morgan fingerprint density at radius 3 is 1.83 bits per heavy atom. The number of carbonyl (C=O) groups is 2. The predicted octanol–water partition coefficient (Wildman–Crippen LogP) is 6.94. The number of phosphoric acid groups is 2. The van der Waals surface area contributed by atoms with Gasteiger partial charge in [0.1, 0.15) is 23.2 Å². The molecule has 6 N–H and O–H groups in total. The number of hydrogen-bond acceptors (Lipinski definition) is 16. The summed E-state index contributed by atoms with van der Waals surface area (Å²) in [6, 6.07) is 28.9. The second-order valence-corrected chi connectivity index (χ2v) is 15.7. The lowest BCUT2D eigenvalue weighted by molar-refractivity contribution is -0.221. The molecule has 3 heterocycles. The van der Waals surface area contributed by atoms with E-state index < -0.39 is 59.7 Å². The van der Waals surface area contributed by atoms with Crippen molar-refractivity contribution in [3.8, 4) is 11.5 Å². The number of phosphoric ester groups is 2. The summed E-state index contributed by atoms with van der Waals surface area (Å²) in [5.41, 5.74) is 8.24. The predicted molar refractivity (Wildman–Crippen MR) is 206 cm³/mol. The van der Waals surface area contributed by atoms with Gasteiger partial charge < -0.3 is 35.5 Å². The molecule has 20 heteroatoms. The number of rotatable bonds is 16. The topological polar surface area (TPSA) is 262 Å². The monoisotopic (exact) mass is 832 g/mol. The van der Waals surface area contributed by atoms with Crippen LogP contribution in [0.15, 0.2) is 122 Å². The summed E-state index contributed by atoms with van der Waals surface area (Å²) < 4.78 is 66.6. The first-order chi connectivity index (χ1) is 27.5. The molecule has 0 saturated carbocycles. The first kappa shape index (κ1) is 42.0. The fourth-order valence-corrected chi connectivity index (χ4v) is 8.15. The Morgan fingerprint density at radius 2 is 1.29 bits per heavy atom. The highest BCUT2D eigenvalue weighted by Crippen LogP contribution is 2.62. The molecule has 0 aliphatic carbocycles. The molecule has 1 unspecified atom stereocenters. The summed E-state index contributed by atoms with van der Waals surface area (Å²) in [5, 5.41) is 0. The summed E-state index contributed by atoms with van der Waals surface area (Å²) in [6.07, 6.45) is 2.66. The first-order valence-corrected chi connectivity index (χ1v) is 20.3. The van der Waals surface area contributed by atoms with E-state index in [0.717, 1.165) is 0 Å². The molecule has 0 bridgehead atoms. The molecule has 0 radical (unpaired) electrons. The average molecular weight is 833 g/mol. The van der Waals surface area contributed by atoms with Gasteiger partial charge in [0.05, 0.1) is 49.6 Å².